The van der Waals surface area contributed by atoms with E-state index in [0.717, 1.165) is 12.0 Å². The maximum atomic E-state index is 12.1. The summed E-state index contributed by atoms with van der Waals surface area (Å²) in [6.07, 6.45) is 2.20. The van der Waals surface area contributed by atoms with E-state index in [-0.39, 0.29) is 28.3 Å². The predicted molar refractivity (Wildman–Crippen MR) is 95.0 cm³/mol. The van der Waals surface area contributed by atoms with Crippen LogP contribution in [-0.4, -0.2) is 20.9 Å². The van der Waals surface area contributed by atoms with Crippen molar-refractivity contribution in [2.45, 2.75) is 39.3 Å². The minimum atomic E-state index is -0.434. The van der Waals surface area contributed by atoms with Gasteiger partial charge in [0, 0.05) is 12.3 Å². The third-order valence-corrected chi connectivity index (χ3v) is 4.19. The lowest BCUT2D eigenvalue weighted by Crippen LogP contribution is -2.20. The lowest BCUT2D eigenvalue weighted by Gasteiger charge is -2.17. The van der Waals surface area contributed by atoms with E-state index in [2.05, 4.69) is 9.98 Å². The zero-order chi connectivity index (χ0) is 17.0. The van der Waals surface area contributed by atoms with E-state index < -0.39 is 5.56 Å². The molecule has 0 unspecified atom stereocenters. The molecule has 0 aliphatic rings. The van der Waals surface area contributed by atoms with Gasteiger partial charge in [-0.2, -0.15) is 0 Å². The van der Waals surface area contributed by atoms with Crippen molar-refractivity contribution < 1.29 is 5.11 Å². The van der Waals surface area contributed by atoms with Crippen molar-refractivity contribution >= 4 is 18.4 Å². The number of hydrogen-bond acceptors (Lipinski definition) is 4. The molecule has 0 aliphatic heterocycles. The summed E-state index contributed by atoms with van der Waals surface area (Å²) < 4.78 is 1.76. The molecule has 5 nitrogen and oxygen atoms in total. The normalized spacial score (nSPS) is 14.0. The summed E-state index contributed by atoms with van der Waals surface area (Å²) in [5.74, 6) is -0.142. The van der Waals surface area contributed by atoms with Crippen LogP contribution in [0.1, 0.15) is 50.4 Å². The molecule has 23 heavy (non-hydrogen) atoms. The van der Waals surface area contributed by atoms with Gasteiger partial charge in [0.15, 0.2) is 4.77 Å². The molecule has 0 amide bonds. The molecule has 0 fully saturated rings. The highest BCUT2D eigenvalue weighted by molar-refractivity contribution is 7.71. The third-order valence-electron chi connectivity index (χ3n) is 3.89. The molecule has 0 spiro atoms. The van der Waals surface area contributed by atoms with Gasteiger partial charge in [0.05, 0.1) is 6.04 Å². The fourth-order valence-corrected chi connectivity index (χ4v) is 2.62. The maximum Gasteiger partial charge on any atom is 0.264 e. The number of aliphatic imine (C=N–C) groups is 1. The van der Waals surface area contributed by atoms with Crippen LogP contribution in [0.5, 0.6) is 5.88 Å². The minimum absolute atomic E-state index is 0.0157. The summed E-state index contributed by atoms with van der Waals surface area (Å²) in [6.45, 7) is 5.85. The van der Waals surface area contributed by atoms with Crippen LogP contribution < -0.4 is 5.56 Å². The number of H-pyrrole nitrogens is 1. The highest BCUT2D eigenvalue weighted by Gasteiger charge is 2.14. The van der Waals surface area contributed by atoms with Crippen LogP contribution in [0, 0.1) is 4.77 Å². The second-order valence-electron chi connectivity index (χ2n) is 5.49. The molecule has 2 N–H and O–H groups in total. The molecule has 1 aromatic carbocycles. The van der Waals surface area contributed by atoms with Gasteiger partial charge in [-0.15, -0.1) is 0 Å². The zero-order valence-electron chi connectivity index (χ0n) is 13.5. The maximum absolute atomic E-state index is 12.1. The Morgan fingerprint density at radius 3 is 2.61 bits per heavy atom. The van der Waals surface area contributed by atoms with Crippen molar-refractivity contribution in [3.63, 3.8) is 0 Å². The third kappa shape index (κ3) is 3.76. The number of aromatic hydroxyl groups is 1. The van der Waals surface area contributed by atoms with E-state index in [1.807, 2.05) is 51.1 Å². The molecule has 2 atom stereocenters. The van der Waals surface area contributed by atoms with Crippen LogP contribution in [-0.2, 0) is 0 Å². The van der Waals surface area contributed by atoms with Crippen molar-refractivity contribution in [1.82, 2.24) is 9.55 Å². The first-order chi connectivity index (χ1) is 11.0. The topological polar surface area (TPSA) is 70.4 Å². The van der Waals surface area contributed by atoms with Crippen LogP contribution in [0.15, 0.2) is 40.1 Å². The Kier molecular flexibility index (Phi) is 5.50. The molecular formula is C17H21N3O2S. The molecule has 2 aromatic rings. The van der Waals surface area contributed by atoms with Gasteiger partial charge in [-0.3, -0.25) is 19.3 Å². The summed E-state index contributed by atoms with van der Waals surface area (Å²) >= 11 is 5.14. The standard InChI is InChI=1S/C17H21N3O2S/c1-4-11(2)20-16(22)14(15(21)19-17(20)23)10-18-12(3)13-8-6-5-7-9-13/h5-12,22H,4H2,1-3H3,(H,19,21,23)/t11-,12-/m1/s1. The summed E-state index contributed by atoms with van der Waals surface area (Å²) in [7, 11) is 0. The second kappa shape index (κ2) is 7.37. The molecule has 1 aromatic heterocycles. The fourth-order valence-electron chi connectivity index (χ4n) is 2.26. The summed E-state index contributed by atoms with van der Waals surface area (Å²) in [6, 6.07) is 9.63. The second-order valence-corrected chi connectivity index (χ2v) is 5.88. The van der Waals surface area contributed by atoms with Crippen LogP contribution >= 0.6 is 12.2 Å². The Balaban J connectivity index is 2.42. The van der Waals surface area contributed by atoms with Gasteiger partial charge in [-0.25, -0.2) is 0 Å². The number of aromatic amines is 1. The minimum Gasteiger partial charge on any atom is -0.494 e. The van der Waals surface area contributed by atoms with E-state index in [4.69, 9.17) is 12.2 Å². The Labute approximate surface area is 140 Å². The molecule has 0 aliphatic carbocycles. The first-order valence-electron chi connectivity index (χ1n) is 7.61. The van der Waals surface area contributed by atoms with Crippen LogP contribution in [0.4, 0.5) is 0 Å². The van der Waals surface area contributed by atoms with Gasteiger partial charge < -0.3 is 5.11 Å². The zero-order valence-corrected chi connectivity index (χ0v) is 14.3. The summed E-state index contributed by atoms with van der Waals surface area (Å²) in [5.41, 5.74) is 0.729. The average molecular weight is 331 g/mol. The van der Waals surface area contributed by atoms with Gasteiger partial charge in [-0.05, 0) is 38.0 Å². The summed E-state index contributed by atoms with van der Waals surface area (Å²) in [4.78, 5) is 19.1. The number of aromatic nitrogens is 2. The number of nitrogens with zero attached hydrogens (tertiary/aromatic N) is 2. The number of hydrogen-bond donors (Lipinski definition) is 2. The number of benzene rings is 1. The van der Waals surface area contributed by atoms with Crippen molar-refractivity contribution in [2.75, 3.05) is 0 Å². The molecule has 0 saturated carbocycles. The van der Waals surface area contributed by atoms with E-state index in [1.54, 1.807) is 4.57 Å². The van der Waals surface area contributed by atoms with Gasteiger partial charge in [-0.1, -0.05) is 37.3 Å². The predicted octanol–water partition coefficient (Wildman–Crippen LogP) is 3.76. The molecule has 0 radical (unpaired) electrons. The van der Waals surface area contributed by atoms with E-state index in [1.165, 1.54) is 6.21 Å². The lowest BCUT2D eigenvalue weighted by atomic mass is 10.1. The monoisotopic (exact) mass is 331 g/mol. The highest BCUT2D eigenvalue weighted by atomic mass is 32.1. The molecule has 0 bridgehead atoms. The van der Waals surface area contributed by atoms with Gasteiger partial charge in [0.1, 0.15) is 5.56 Å². The number of nitrogens with one attached hydrogen (secondary N) is 1. The molecule has 0 saturated heterocycles. The fraction of sp³-hybridized carbons (Fsp3) is 0.353. The van der Waals surface area contributed by atoms with Crippen LogP contribution in [0.2, 0.25) is 0 Å². The average Bonchev–Trinajstić information content (AvgIpc) is 2.54. The molecule has 2 rings (SSSR count). The van der Waals surface area contributed by atoms with E-state index in [0.29, 0.717) is 0 Å². The van der Waals surface area contributed by atoms with E-state index in [9.17, 15) is 9.90 Å². The Morgan fingerprint density at radius 2 is 2.00 bits per heavy atom. The van der Waals surface area contributed by atoms with E-state index >= 15 is 0 Å². The van der Waals surface area contributed by atoms with Crippen molar-refractivity contribution in [2.24, 2.45) is 4.99 Å². The lowest BCUT2D eigenvalue weighted by molar-refractivity contribution is 0.371. The smallest absolute Gasteiger partial charge is 0.264 e. The van der Waals surface area contributed by atoms with Gasteiger partial charge in [0.2, 0.25) is 5.88 Å². The number of rotatable bonds is 5. The van der Waals surface area contributed by atoms with Crippen molar-refractivity contribution in [1.29, 1.82) is 0 Å². The Bertz CT molecular complexity index is 809. The molecule has 122 valence electrons. The quantitative estimate of drug-likeness (QED) is 0.647. The molecular weight excluding hydrogens is 310 g/mol. The van der Waals surface area contributed by atoms with Crippen LogP contribution in [0.25, 0.3) is 0 Å². The first-order valence-corrected chi connectivity index (χ1v) is 8.02. The largest absolute Gasteiger partial charge is 0.494 e. The first kappa shape index (κ1) is 17.1. The van der Waals surface area contributed by atoms with Crippen molar-refractivity contribution in [3.8, 4) is 5.88 Å². The SMILES string of the molecule is CC[C@@H](C)n1c(O)c(C=N[C@H](C)c2ccccc2)c(=O)[nH]c1=S. The Hall–Kier alpha value is -2.21. The van der Waals surface area contributed by atoms with Crippen LogP contribution in [0.3, 0.4) is 0 Å². The highest BCUT2D eigenvalue weighted by Crippen LogP contribution is 2.21. The van der Waals surface area contributed by atoms with Gasteiger partial charge >= 0.3 is 0 Å². The van der Waals surface area contributed by atoms with Crippen molar-refractivity contribution in [3.05, 3.63) is 56.6 Å². The Morgan fingerprint density at radius 1 is 1.35 bits per heavy atom. The molecule has 1 heterocycles. The summed E-state index contributed by atoms with van der Waals surface area (Å²) in [5, 5.41) is 10.4. The van der Waals surface area contributed by atoms with Gasteiger partial charge in [0.25, 0.3) is 5.56 Å². The molecule has 6 heteroatoms.